The zero-order valence-corrected chi connectivity index (χ0v) is 14.3. The molecule has 26 heavy (non-hydrogen) atoms. The first-order chi connectivity index (χ1) is 12.5. The molecule has 0 radical (unpaired) electrons. The van der Waals surface area contributed by atoms with Crippen molar-refractivity contribution >= 4 is 34.8 Å². The van der Waals surface area contributed by atoms with Crippen LogP contribution in [0, 0.1) is 0 Å². The van der Waals surface area contributed by atoms with Crippen LogP contribution in [0.5, 0.6) is 5.75 Å². The molecule has 3 N–H and O–H groups in total. The monoisotopic (exact) mass is 370 g/mol. The van der Waals surface area contributed by atoms with Crippen LogP contribution in [0.2, 0.25) is 5.02 Å². The number of hydrazone groups is 1. The fraction of sp³-hybridized carbons (Fsp3) is 0.111. The van der Waals surface area contributed by atoms with Crippen LogP contribution in [-0.2, 0) is 11.2 Å². The molecule has 0 saturated heterocycles. The van der Waals surface area contributed by atoms with E-state index < -0.39 is 0 Å². The van der Waals surface area contributed by atoms with Crippen LogP contribution >= 0.6 is 11.6 Å². The number of phenols is 1. The zero-order chi connectivity index (χ0) is 18.5. The first kappa shape index (κ1) is 17.6. The van der Waals surface area contributed by atoms with E-state index in [0.717, 1.165) is 0 Å². The summed E-state index contributed by atoms with van der Waals surface area (Å²) >= 11 is 5.79. The molecule has 3 aromatic rings. The van der Waals surface area contributed by atoms with E-state index in [4.69, 9.17) is 11.6 Å². The van der Waals surface area contributed by atoms with Crippen LogP contribution in [0.15, 0.2) is 52.4 Å². The Kier molecular flexibility index (Phi) is 5.28. The van der Waals surface area contributed by atoms with Gasteiger partial charge >= 0.3 is 0 Å². The van der Waals surface area contributed by atoms with Crippen molar-refractivity contribution in [3.8, 4) is 5.75 Å². The Morgan fingerprint density at radius 2 is 2.12 bits per heavy atom. The Morgan fingerprint density at radius 3 is 2.92 bits per heavy atom. The van der Waals surface area contributed by atoms with Crippen LogP contribution in [-0.4, -0.2) is 27.2 Å². The molecule has 0 atom stereocenters. The standard InChI is InChI=1S/C18H15ClN4O3/c19-12-9-11(5-7-16(12)24)10-20-23-17(25)8-6-15-18(26)22-14-4-2-1-3-13(14)21-15/h1-5,7,9-10,24H,6,8H2,(H,22,26)(H,23,25)/b20-10-. The van der Waals surface area contributed by atoms with E-state index in [1.54, 1.807) is 18.2 Å². The fourth-order valence-corrected chi connectivity index (χ4v) is 2.50. The Hall–Kier alpha value is -3.19. The van der Waals surface area contributed by atoms with Gasteiger partial charge in [-0.1, -0.05) is 23.7 Å². The maximum absolute atomic E-state index is 12.0. The van der Waals surface area contributed by atoms with Gasteiger partial charge in [0.05, 0.1) is 22.3 Å². The molecule has 1 aromatic heterocycles. The maximum atomic E-state index is 12.0. The Morgan fingerprint density at radius 1 is 1.31 bits per heavy atom. The average molecular weight is 371 g/mol. The number of aryl methyl sites for hydroxylation is 1. The minimum absolute atomic E-state index is 0.0269. The molecular formula is C18H15ClN4O3. The van der Waals surface area contributed by atoms with Gasteiger partial charge in [0.2, 0.25) is 5.91 Å². The number of amides is 1. The van der Waals surface area contributed by atoms with Crippen LogP contribution in [0.3, 0.4) is 0 Å². The van der Waals surface area contributed by atoms with E-state index in [1.807, 2.05) is 12.1 Å². The smallest absolute Gasteiger partial charge is 0.270 e. The van der Waals surface area contributed by atoms with Crippen LogP contribution in [0.1, 0.15) is 17.7 Å². The number of para-hydroxylation sites is 2. The van der Waals surface area contributed by atoms with E-state index in [9.17, 15) is 14.7 Å². The number of halogens is 1. The van der Waals surface area contributed by atoms with Crippen LogP contribution in [0.4, 0.5) is 0 Å². The highest BCUT2D eigenvalue weighted by Gasteiger charge is 2.07. The molecule has 0 saturated carbocycles. The van der Waals surface area contributed by atoms with E-state index in [-0.39, 0.29) is 35.1 Å². The second kappa shape index (κ2) is 7.79. The molecule has 0 bridgehead atoms. The summed E-state index contributed by atoms with van der Waals surface area (Å²) < 4.78 is 0. The lowest BCUT2D eigenvalue weighted by Gasteiger charge is -2.02. The number of hydrogen-bond acceptors (Lipinski definition) is 5. The van der Waals surface area contributed by atoms with Gasteiger partial charge in [-0.15, -0.1) is 0 Å². The number of nitrogens with one attached hydrogen (secondary N) is 2. The lowest BCUT2D eigenvalue weighted by atomic mass is 10.2. The predicted octanol–water partition coefficient (Wildman–Crippen LogP) is 2.37. The van der Waals surface area contributed by atoms with Crippen molar-refractivity contribution in [3.05, 3.63) is 69.1 Å². The molecule has 8 heteroatoms. The number of aromatic hydroxyl groups is 1. The number of benzene rings is 2. The molecule has 0 spiro atoms. The van der Waals surface area contributed by atoms with Crippen molar-refractivity contribution in [1.29, 1.82) is 0 Å². The molecule has 1 heterocycles. The lowest BCUT2D eigenvalue weighted by Crippen LogP contribution is -2.21. The summed E-state index contributed by atoms with van der Waals surface area (Å²) in [6.07, 6.45) is 1.68. The third-order valence-electron chi connectivity index (χ3n) is 3.63. The number of phenolic OH excluding ortho intramolecular Hbond substituents is 1. The highest BCUT2D eigenvalue weighted by Crippen LogP contribution is 2.22. The number of carbonyl (C=O) groups excluding carboxylic acids is 1. The number of hydrogen-bond donors (Lipinski definition) is 3. The van der Waals surface area contributed by atoms with Gasteiger partial charge in [0.15, 0.2) is 0 Å². The zero-order valence-electron chi connectivity index (χ0n) is 13.6. The molecule has 7 nitrogen and oxygen atoms in total. The number of nitrogens with zero attached hydrogens (tertiary/aromatic N) is 2. The number of rotatable bonds is 5. The summed E-state index contributed by atoms with van der Waals surface area (Å²) in [5.74, 6) is -0.374. The van der Waals surface area contributed by atoms with E-state index >= 15 is 0 Å². The molecule has 0 aliphatic carbocycles. The van der Waals surface area contributed by atoms with Gasteiger partial charge in [-0.25, -0.2) is 10.4 Å². The minimum Gasteiger partial charge on any atom is -0.506 e. The third kappa shape index (κ3) is 4.25. The highest BCUT2D eigenvalue weighted by molar-refractivity contribution is 6.32. The van der Waals surface area contributed by atoms with Crippen LogP contribution < -0.4 is 11.0 Å². The van der Waals surface area contributed by atoms with Crippen LogP contribution in [0.25, 0.3) is 11.0 Å². The minimum atomic E-state index is -0.347. The number of carbonyl (C=O) groups is 1. The van der Waals surface area contributed by atoms with Crippen molar-refractivity contribution in [3.63, 3.8) is 0 Å². The molecule has 0 aliphatic heterocycles. The van der Waals surface area contributed by atoms with Gasteiger partial charge in [-0.05, 0) is 35.9 Å². The summed E-state index contributed by atoms with van der Waals surface area (Å²) in [6.45, 7) is 0. The average Bonchev–Trinajstić information content (AvgIpc) is 2.63. The molecule has 2 aromatic carbocycles. The molecular weight excluding hydrogens is 356 g/mol. The summed E-state index contributed by atoms with van der Waals surface area (Å²) in [7, 11) is 0. The quantitative estimate of drug-likeness (QED) is 0.473. The topological polar surface area (TPSA) is 107 Å². The predicted molar refractivity (Wildman–Crippen MR) is 99.5 cm³/mol. The van der Waals surface area contributed by atoms with Crippen molar-refractivity contribution in [2.24, 2.45) is 5.10 Å². The molecule has 0 unspecified atom stereocenters. The number of aromatic nitrogens is 2. The molecule has 0 fully saturated rings. The van der Waals surface area contributed by atoms with Gasteiger partial charge in [-0.2, -0.15) is 5.10 Å². The second-order valence-corrected chi connectivity index (χ2v) is 5.94. The highest BCUT2D eigenvalue weighted by atomic mass is 35.5. The Labute approximate surface area is 153 Å². The van der Waals surface area contributed by atoms with Crippen molar-refractivity contribution in [1.82, 2.24) is 15.4 Å². The first-order valence-corrected chi connectivity index (χ1v) is 8.19. The largest absolute Gasteiger partial charge is 0.506 e. The maximum Gasteiger partial charge on any atom is 0.270 e. The Balaban J connectivity index is 1.58. The molecule has 132 valence electrons. The molecule has 0 aliphatic rings. The number of H-pyrrole nitrogens is 1. The number of fused-ring (bicyclic) bond motifs is 1. The van der Waals surface area contributed by atoms with Crippen molar-refractivity contribution in [2.75, 3.05) is 0 Å². The van der Waals surface area contributed by atoms with Crippen molar-refractivity contribution in [2.45, 2.75) is 12.8 Å². The van der Waals surface area contributed by atoms with Gasteiger partial charge < -0.3 is 10.1 Å². The Bertz CT molecular complexity index is 1050. The lowest BCUT2D eigenvalue weighted by molar-refractivity contribution is -0.121. The first-order valence-electron chi connectivity index (χ1n) is 7.81. The van der Waals surface area contributed by atoms with Gasteiger partial charge in [0.25, 0.3) is 5.56 Å². The summed E-state index contributed by atoms with van der Waals surface area (Å²) in [4.78, 5) is 30.9. The molecule has 1 amide bonds. The SMILES string of the molecule is O=C(CCc1nc2ccccc2[nH]c1=O)N/N=C\c1ccc(O)c(Cl)c1. The third-order valence-corrected chi connectivity index (χ3v) is 3.94. The van der Waals surface area contributed by atoms with Gasteiger partial charge in [0.1, 0.15) is 11.4 Å². The molecule has 3 rings (SSSR count). The van der Waals surface area contributed by atoms with E-state index in [2.05, 4.69) is 20.5 Å². The van der Waals surface area contributed by atoms with Crippen molar-refractivity contribution < 1.29 is 9.90 Å². The van der Waals surface area contributed by atoms with E-state index in [1.165, 1.54) is 18.3 Å². The summed E-state index contributed by atoms with van der Waals surface area (Å²) in [5, 5.41) is 13.4. The van der Waals surface area contributed by atoms with Gasteiger partial charge in [-0.3, -0.25) is 9.59 Å². The normalized spacial score (nSPS) is 11.1. The fourth-order valence-electron chi connectivity index (χ4n) is 2.31. The second-order valence-electron chi connectivity index (χ2n) is 5.53. The van der Waals surface area contributed by atoms with E-state index in [0.29, 0.717) is 22.3 Å². The number of aromatic amines is 1. The van der Waals surface area contributed by atoms with Gasteiger partial charge in [0, 0.05) is 12.8 Å². The summed E-state index contributed by atoms with van der Waals surface area (Å²) in [6, 6.07) is 11.8. The summed E-state index contributed by atoms with van der Waals surface area (Å²) in [5.41, 5.74) is 4.32.